The van der Waals surface area contributed by atoms with Crippen LogP contribution in [0.15, 0.2) is 97.1 Å². The Morgan fingerprint density at radius 1 is 0.738 bits per heavy atom. The number of para-hydroxylation sites is 2. The molecule has 42 heavy (non-hydrogen) atoms. The van der Waals surface area contributed by atoms with Gasteiger partial charge in [0.1, 0.15) is 5.75 Å². The Morgan fingerprint density at radius 2 is 1.33 bits per heavy atom. The molecule has 0 spiro atoms. The van der Waals surface area contributed by atoms with Crippen LogP contribution in [0, 0.1) is 6.92 Å². The molecule has 0 bridgehead atoms. The van der Waals surface area contributed by atoms with Crippen LogP contribution in [0.25, 0.3) is 0 Å². The van der Waals surface area contributed by atoms with E-state index in [9.17, 15) is 9.59 Å². The fourth-order valence-corrected chi connectivity index (χ4v) is 5.18. The van der Waals surface area contributed by atoms with E-state index in [1.54, 1.807) is 13.2 Å². The third-order valence-electron chi connectivity index (χ3n) is 7.50. The highest BCUT2D eigenvalue weighted by Crippen LogP contribution is 2.31. The average molecular weight is 564 g/mol. The number of anilines is 4. The first-order valence-corrected chi connectivity index (χ1v) is 14.2. The van der Waals surface area contributed by atoms with Crippen molar-refractivity contribution in [2.75, 3.05) is 53.7 Å². The molecule has 1 unspecified atom stereocenters. The highest BCUT2D eigenvalue weighted by Gasteiger charge is 2.24. The third kappa shape index (κ3) is 6.83. The van der Waals surface area contributed by atoms with Crippen LogP contribution in [0.5, 0.6) is 5.75 Å². The molecule has 0 saturated carbocycles. The fraction of sp³-hybridized carbons (Fsp3) is 0.235. The van der Waals surface area contributed by atoms with Gasteiger partial charge in [-0.15, -0.1) is 0 Å². The van der Waals surface area contributed by atoms with Gasteiger partial charge < -0.3 is 30.5 Å². The van der Waals surface area contributed by atoms with Gasteiger partial charge in [0.15, 0.2) is 0 Å². The predicted octanol–water partition coefficient (Wildman–Crippen LogP) is 6.47. The monoisotopic (exact) mass is 563 g/mol. The molecule has 3 amide bonds. The summed E-state index contributed by atoms with van der Waals surface area (Å²) in [6.45, 7) is 6.98. The van der Waals surface area contributed by atoms with E-state index in [-0.39, 0.29) is 18.0 Å². The van der Waals surface area contributed by atoms with Gasteiger partial charge in [-0.05, 0) is 61.9 Å². The molecule has 3 N–H and O–H groups in total. The summed E-state index contributed by atoms with van der Waals surface area (Å²) < 4.78 is 5.57. The van der Waals surface area contributed by atoms with Gasteiger partial charge >= 0.3 is 6.03 Å². The van der Waals surface area contributed by atoms with Gasteiger partial charge in [0.05, 0.1) is 24.4 Å². The fourth-order valence-electron chi connectivity index (χ4n) is 5.18. The Balaban J connectivity index is 1.35. The second kappa shape index (κ2) is 13.1. The van der Waals surface area contributed by atoms with Crippen molar-refractivity contribution >= 4 is 34.7 Å². The van der Waals surface area contributed by atoms with E-state index in [2.05, 4.69) is 31.8 Å². The lowest BCUT2D eigenvalue weighted by Crippen LogP contribution is -2.47. The van der Waals surface area contributed by atoms with E-state index in [4.69, 9.17) is 4.74 Å². The number of hydrogen-bond donors (Lipinski definition) is 3. The summed E-state index contributed by atoms with van der Waals surface area (Å²) in [5.41, 5.74) is 5.76. The summed E-state index contributed by atoms with van der Waals surface area (Å²) >= 11 is 0. The molecular formula is C34H37N5O3. The number of benzene rings is 4. The van der Waals surface area contributed by atoms with Crippen LogP contribution in [0.2, 0.25) is 0 Å². The van der Waals surface area contributed by atoms with E-state index in [1.165, 1.54) is 0 Å². The Hall–Kier alpha value is -4.98. The minimum atomic E-state index is -0.374. The Kier molecular flexibility index (Phi) is 8.92. The minimum Gasteiger partial charge on any atom is -0.495 e. The molecule has 8 nitrogen and oxygen atoms in total. The maximum absolute atomic E-state index is 13.7. The normalized spacial score (nSPS) is 13.7. The van der Waals surface area contributed by atoms with Crippen LogP contribution in [0.4, 0.5) is 27.5 Å². The molecule has 1 aliphatic heterocycles. The maximum Gasteiger partial charge on any atom is 0.323 e. The van der Waals surface area contributed by atoms with Gasteiger partial charge in [-0.2, -0.15) is 0 Å². The lowest BCUT2D eigenvalue weighted by atomic mass is 10.1. The SMILES string of the molecule is COc1ccccc1N1CCN(c2ccc(NC(=O)Nc3ccc(C)cc3)cc2C(=O)NC(C)c2ccccc2)CC1. The number of methoxy groups -OCH3 is 1. The third-order valence-corrected chi connectivity index (χ3v) is 7.50. The van der Waals surface area contributed by atoms with Crippen LogP contribution < -0.4 is 30.5 Å². The maximum atomic E-state index is 13.7. The van der Waals surface area contributed by atoms with Crippen LogP contribution in [-0.2, 0) is 0 Å². The molecule has 216 valence electrons. The summed E-state index contributed by atoms with van der Waals surface area (Å²) in [7, 11) is 1.69. The Bertz CT molecular complexity index is 1520. The molecule has 1 fully saturated rings. The molecule has 0 radical (unpaired) electrons. The van der Waals surface area contributed by atoms with Crippen LogP contribution in [0.3, 0.4) is 0 Å². The number of hydrogen-bond acceptors (Lipinski definition) is 5. The number of rotatable bonds is 8. The number of carbonyl (C=O) groups excluding carboxylic acids is 2. The highest BCUT2D eigenvalue weighted by atomic mass is 16.5. The van der Waals surface area contributed by atoms with Crippen LogP contribution in [-0.4, -0.2) is 45.2 Å². The minimum absolute atomic E-state index is 0.185. The van der Waals surface area contributed by atoms with E-state index in [1.807, 2.05) is 98.8 Å². The van der Waals surface area contributed by atoms with Crippen molar-refractivity contribution in [1.82, 2.24) is 5.32 Å². The first-order valence-electron chi connectivity index (χ1n) is 14.2. The number of carbonyl (C=O) groups is 2. The van der Waals surface area contributed by atoms with Crippen molar-refractivity contribution in [2.45, 2.75) is 19.9 Å². The first kappa shape index (κ1) is 28.5. The number of piperazine rings is 1. The van der Waals surface area contributed by atoms with E-state index in [0.29, 0.717) is 16.9 Å². The van der Waals surface area contributed by atoms with Crippen LogP contribution in [0.1, 0.15) is 34.5 Å². The molecular weight excluding hydrogens is 526 g/mol. The number of nitrogens with one attached hydrogen (secondary N) is 3. The highest BCUT2D eigenvalue weighted by molar-refractivity contribution is 6.04. The molecule has 0 aromatic heterocycles. The molecule has 1 aliphatic rings. The molecule has 4 aromatic carbocycles. The van der Waals surface area contributed by atoms with Gasteiger partial charge in [0, 0.05) is 43.2 Å². The standard InChI is InChI=1S/C34H37N5O3/c1-24-13-15-27(16-14-24)36-34(41)37-28-17-18-30(29(23-28)33(40)35-25(2)26-9-5-4-6-10-26)38-19-21-39(22-20-38)31-11-7-8-12-32(31)42-3/h4-18,23,25H,19-22H2,1-3H3,(H,35,40)(H2,36,37,41). The second-order valence-electron chi connectivity index (χ2n) is 10.4. The topological polar surface area (TPSA) is 85.9 Å². The molecule has 1 atom stereocenters. The predicted molar refractivity (Wildman–Crippen MR) is 170 cm³/mol. The van der Waals surface area contributed by atoms with Crippen molar-refractivity contribution in [3.8, 4) is 5.75 Å². The number of ether oxygens (including phenoxy) is 1. The van der Waals surface area contributed by atoms with E-state index >= 15 is 0 Å². The lowest BCUT2D eigenvalue weighted by Gasteiger charge is -2.38. The summed E-state index contributed by atoms with van der Waals surface area (Å²) in [4.78, 5) is 31.0. The molecule has 1 saturated heterocycles. The zero-order chi connectivity index (χ0) is 29.5. The van der Waals surface area contributed by atoms with Crippen molar-refractivity contribution in [2.24, 2.45) is 0 Å². The van der Waals surface area contributed by atoms with Crippen molar-refractivity contribution in [1.29, 1.82) is 0 Å². The van der Waals surface area contributed by atoms with E-state index < -0.39 is 0 Å². The van der Waals surface area contributed by atoms with Crippen molar-refractivity contribution in [3.63, 3.8) is 0 Å². The molecule has 8 heteroatoms. The second-order valence-corrected chi connectivity index (χ2v) is 10.4. The van der Waals surface area contributed by atoms with Gasteiger partial charge in [-0.3, -0.25) is 4.79 Å². The summed E-state index contributed by atoms with van der Waals surface area (Å²) in [6.07, 6.45) is 0. The number of urea groups is 1. The summed E-state index contributed by atoms with van der Waals surface area (Å²) in [6, 6.07) is 30.4. The van der Waals surface area contributed by atoms with Gasteiger partial charge in [-0.25, -0.2) is 4.79 Å². The number of nitrogens with zero attached hydrogens (tertiary/aromatic N) is 2. The molecule has 4 aromatic rings. The average Bonchev–Trinajstić information content (AvgIpc) is 3.02. The Morgan fingerprint density at radius 3 is 2.02 bits per heavy atom. The smallest absolute Gasteiger partial charge is 0.323 e. The largest absolute Gasteiger partial charge is 0.495 e. The molecule has 0 aliphatic carbocycles. The van der Waals surface area contributed by atoms with Gasteiger partial charge in [0.25, 0.3) is 5.91 Å². The first-order chi connectivity index (χ1) is 20.4. The number of aryl methyl sites for hydroxylation is 1. The molecule has 1 heterocycles. The van der Waals surface area contributed by atoms with Gasteiger partial charge in [-0.1, -0.05) is 60.2 Å². The van der Waals surface area contributed by atoms with Gasteiger partial charge in [0.2, 0.25) is 0 Å². The lowest BCUT2D eigenvalue weighted by molar-refractivity contribution is 0.0940. The quantitative estimate of drug-likeness (QED) is 0.229. The van der Waals surface area contributed by atoms with E-state index in [0.717, 1.165) is 54.4 Å². The summed E-state index contributed by atoms with van der Waals surface area (Å²) in [5.74, 6) is 0.649. The zero-order valence-electron chi connectivity index (χ0n) is 24.3. The molecule has 5 rings (SSSR count). The summed E-state index contributed by atoms with van der Waals surface area (Å²) in [5, 5.41) is 8.88. The van der Waals surface area contributed by atoms with Crippen molar-refractivity contribution < 1.29 is 14.3 Å². The van der Waals surface area contributed by atoms with Crippen molar-refractivity contribution in [3.05, 3.63) is 114 Å². The Labute approximate surface area is 247 Å². The van der Waals surface area contributed by atoms with Crippen LogP contribution >= 0.6 is 0 Å². The zero-order valence-corrected chi connectivity index (χ0v) is 24.3. The number of amides is 3.